The average Bonchev–Trinajstić information content (AvgIpc) is 2.07. The molecule has 0 saturated heterocycles. The van der Waals surface area contributed by atoms with Gasteiger partial charge in [-0.1, -0.05) is 6.07 Å². The van der Waals surface area contributed by atoms with Gasteiger partial charge in [0, 0.05) is 18.2 Å². The van der Waals surface area contributed by atoms with E-state index in [0.717, 1.165) is 17.5 Å². The first kappa shape index (κ1) is 10.7. The molecule has 2 N–H and O–H groups in total. The normalized spacial score (nSPS) is 12.5. The molecular weight excluding hydrogens is 180 g/mol. The van der Waals surface area contributed by atoms with Crippen LogP contribution in [-0.2, 0) is 6.42 Å². The van der Waals surface area contributed by atoms with Crippen molar-refractivity contribution >= 4 is 5.69 Å². The van der Waals surface area contributed by atoms with Crippen LogP contribution in [0.25, 0.3) is 0 Å². The van der Waals surface area contributed by atoms with Gasteiger partial charge in [-0.2, -0.15) is 0 Å². The summed E-state index contributed by atoms with van der Waals surface area (Å²) >= 11 is 0. The molecule has 76 valence electrons. The van der Waals surface area contributed by atoms with E-state index in [9.17, 15) is 10.1 Å². The molecule has 1 aromatic carbocycles. The van der Waals surface area contributed by atoms with Gasteiger partial charge in [0.1, 0.15) is 0 Å². The number of rotatable bonds is 3. The summed E-state index contributed by atoms with van der Waals surface area (Å²) in [7, 11) is 0. The first-order valence-corrected chi connectivity index (χ1v) is 4.50. The maximum atomic E-state index is 10.5. The second-order valence-corrected chi connectivity index (χ2v) is 3.55. The second-order valence-electron chi connectivity index (χ2n) is 3.55. The molecular formula is C10H14N2O2. The minimum absolute atomic E-state index is 0.0788. The highest BCUT2D eigenvalue weighted by molar-refractivity contribution is 5.39. The second kappa shape index (κ2) is 4.19. The Bertz CT molecular complexity index is 348. The molecule has 1 atom stereocenters. The lowest BCUT2D eigenvalue weighted by atomic mass is 10.0. The van der Waals surface area contributed by atoms with Crippen LogP contribution >= 0.6 is 0 Å². The van der Waals surface area contributed by atoms with Gasteiger partial charge in [-0.05, 0) is 31.4 Å². The number of aryl methyl sites for hydroxylation is 1. The fourth-order valence-electron chi connectivity index (χ4n) is 1.37. The van der Waals surface area contributed by atoms with Gasteiger partial charge in [0.15, 0.2) is 0 Å². The van der Waals surface area contributed by atoms with Crippen molar-refractivity contribution in [3.8, 4) is 0 Å². The van der Waals surface area contributed by atoms with Crippen LogP contribution in [0.2, 0.25) is 0 Å². The van der Waals surface area contributed by atoms with Crippen molar-refractivity contribution in [3.05, 3.63) is 39.4 Å². The van der Waals surface area contributed by atoms with E-state index in [0.29, 0.717) is 0 Å². The van der Waals surface area contributed by atoms with Gasteiger partial charge < -0.3 is 5.73 Å². The van der Waals surface area contributed by atoms with Crippen molar-refractivity contribution in [3.63, 3.8) is 0 Å². The number of nitro groups is 1. The minimum Gasteiger partial charge on any atom is -0.328 e. The van der Waals surface area contributed by atoms with Crippen molar-refractivity contribution in [2.45, 2.75) is 26.3 Å². The van der Waals surface area contributed by atoms with E-state index in [4.69, 9.17) is 5.73 Å². The molecule has 1 aromatic rings. The Kier molecular flexibility index (Phi) is 3.19. The maximum Gasteiger partial charge on any atom is 0.269 e. The zero-order valence-corrected chi connectivity index (χ0v) is 8.36. The van der Waals surface area contributed by atoms with Crippen LogP contribution in [0, 0.1) is 17.0 Å². The lowest BCUT2D eigenvalue weighted by Crippen LogP contribution is -2.18. The molecule has 0 aromatic heterocycles. The largest absolute Gasteiger partial charge is 0.328 e. The van der Waals surface area contributed by atoms with Gasteiger partial charge in [0.2, 0.25) is 0 Å². The Labute approximate surface area is 82.9 Å². The fourth-order valence-corrected chi connectivity index (χ4v) is 1.37. The van der Waals surface area contributed by atoms with E-state index in [1.165, 1.54) is 6.07 Å². The lowest BCUT2D eigenvalue weighted by Gasteiger charge is -2.07. The standard InChI is InChI=1S/C10H14N2O2/c1-7-5-10(12(13)14)4-3-9(7)6-8(2)11/h3-5,8H,6,11H2,1-2H3. The molecule has 0 fully saturated rings. The van der Waals surface area contributed by atoms with E-state index in [-0.39, 0.29) is 16.7 Å². The number of hydrogen-bond acceptors (Lipinski definition) is 3. The van der Waals surface area contributed by atoms with Crippen molar-refractivity contribution in [2.24, 2.45) is 5.73 Å². The molecule has 0 aliphatic rings. The van der Waals surface area contributed by atoms with Crippen LogP contribution in [0.3, 0.4) is 0 Å². The van der Waals surface area contributed by atoms with Crippen LogP contribution in [0.4, 0.5) is 5.69 Å². The summed E-state index contributed by atoms with van der Waals surface area (Å²) in [6.07, 6.45) is 0.754. The summed E-state index contributed by atoms with van der Waals surface area (Å²) in [6.45, 7) is 3.78. The third-order valence-electron chi connectivity index (χ3n) is 2.08. The molecule has 0 aliphatic heterocycles. The smallest absolute Gasteiger partial charge is 0.269 e. The topological polar surface area (TPSA) is 69.2 Å². The molecule has 1 unspecified atom stereocenters. The molecule has 0 radical (unpaired) electrons. The molecule has 4 heteroatoms. The molecule has 14 heavy (non-hydrogen) atoms. The number of nitrogens with two attached hydrogens (primary N) is 1. The molecule has 4 nitrogen and oxygen atoms in total. The summed E-state index contributed by atoms with van der Waals surface area (Å²) in [6, 6.07) is 4.95. The highest BCUT2D eigenvalue weighted by Crippen LogP contribution is 2.17. The van der Waals surface area contributed by atoms with Crippen LogP contribution in [0.15, 0.2) is 18.2 Å². The van der Waals surface area contributed by atoms with Crippen molar-refractivity contribution < 1.29 is 4.92 Å². The number of benzene rings is 1. The molecule has 0 saturated carbocycles. The predicted molar refractivity (Wildman–Crippen MR) is 55.2 cm³/mol. The fraction of sp³-hybridized carbons (Fsp3) is 0.400. The number of hydrogen-bond donors (Lipinski definition) is 1. The number of non-ortho nitro benzene ring substituents is 1. The Morgan fingerprint density at radius 1 is 1.57 bits per heavy atom. The third-order valence-corrected chi connectivity index (χ3v) is 2.08. The Hall–Kier alpha value is -1.42. The molecule has 0 aliphatic carbocycles. The van der Waals surface area contributed by atoms with Crippen molar-refractivity contribution in [2.75, 3.05) is 0 Å². The predicted octanol–water partition coefficient (Wildman–Crippen LogP) is 1.79. The Balaban J connectivity index is 2.95. The van der Waals surface area contributed by atoms with E-state index in [2.05, 4.69) is 0 Å². The van der Waals surface area contributed by atoms with Gasteiger partial charge in [-0.15, -0.1) is 0 Å². The zero-order chi connectivity index (χ0) is 10.7. The van der Waals surface area contributed by atoms with Crippen LogP contribution < -0.4 is 5.73 Å². The Morgan fingerprint density at radius 2 is 2.21 bits per heavy atom. The van der Waals surface area contributed by atoms with Crippen LogP contribution in [-0.4, -0.2) is 11.0 Å². The summed E-state index contributed by atoms with van der Waals surface area (Å²) in [4.78, 5) is 10.1. The first-order valence-electron chi connectivity index (χ1n) is 4.50. The van der Waals surface area contributed by atoms with Gasteiger partial charge in [0.05, 0.1) is 4.92 Å². The van der Waals surface area contributed by atoms with Crippen LogP contribution in [0.5, 0.6) is 0 Å². The summed E-state index contributed by atoms with van der Waals surface area (Å²) in [5.74, 6) is 0. The van der Waals surface area contributed by atoms with Gasteiger partial charge in [-0.25, -0.2) is 0 Å². The van der Waals surface area contributed by atoms with Gasteiger partial charge >= 0.3 is 0 Å². The van der Waals surface area contributed by atoms with Crippen molar-refractivity contribution in [1.29, 1.82) is 0 Å². The van der Waals surface area contributed by atoms with Gasteiger partial charge in [0.25, 0.3) is 5.69 Å². The van der Waals surface area contributed by atoms with Crippen molar-refractivity contribution in [1.82, 2.24) is 0 Å². The lowest BCUT2D eigenvalue weighted by molar-refractivity contribution is -0.384. The highest BCUT2D eigenvalue weighted by atomic mass is 16.6. The molecule has 0 spiro atoms. The monoisotopic (exact) mass is 194 g/mol. The van der Waals surface area contributed by atoms with Crippen LogP contribution in [0.1, 0.15) is 18.1 Å². The molecule has 1 rings (SSSR count). The highest BCUT2D eigenvalue weighted by Gasteiger charge is 2.08. The zero-order valence-electron chi connectivity index (χ0n) is 8.36. The van der Waals surface area contributed by atoms with E-state index in [1.54, 1.807) is 12.1 Å². The number of nitrogens with zero attached hydrogens (tertiary/aromatic N) is 1. The third kappa shape index (κ3) is 2.53. The summed E-state index contributed by atoms with van der Waals surface area (Å²) in [5.41, 5.74) is 7.79. The Morgan fingerprint density at radius 3 is 2.64 bits per heavy atom. The summed E-state index contributed by atoms with van der Waals surface area (Å²) in [5, 5.41) is 10.5. The van der Waals surface area contributed by atoms with E-state index < -0.39 is 0 Å². The minimum atomic E-state index is -0.386. The van der Waals surface area contributed by atoms with E-state index >= 15 is 0 Å². The van der Waals surface area contributed by atoms with E-state index in [1.807, 2.05) is 13.8 Å². The van der Waals surface area contributed by atoms with Gasteiger partial charge in [-0.3, -0.25) is 10.1 Å². The quantitative estimate of drug-likeness (QED) is 0.589. The molecule has 0 heterocycles. The number of nitro benzene ring substituents is 1. The first-order chi connectivity index (χ1) is 6.50. The SMILES string of the molecule is Cc1cc([N+](=O)[O-])ccc1CC(C)N. The summed E-state index contributed by atoms with van der Waals surface area (Å²) < 4.78 is 0. The maximum absolute atomic E-state index is 10.5. The average molecular weight is 194 g/mol. The molecule has 0 amide bonds. The molecule has 0 bridgehead atoms.